The molecule has 10 rings (SSSR count). The first-order chi connectivity index (χ1) is 30.2. The van der Waals surface area contributed by atoms with Crippen LogP contribution in [0.3, 0.4) is 0 Å². The van der Waals surface area contributed by atoms with E-state index in [1.165, 1.54) is 72.3 Å². The fourth-order valence-corrected chi connectivity index (χ4v) is 8.41. The first-order valence-electron chi connectivity index (χ1n) is 20.9. The zero-order valence-corrected chi connectivity index (χ0v) is 33.8. The predicted octanol–water partition coefficient (Wildman–Crippen LogP) is 16.8. The van der Waals surface area contributed by atoms with Gasteiger partial charge in [-0.25, -0.2) is 0 Å². The Kier molecular flexibility index (Phi) is 10.4. The molecule has 1 heteroatoms. The van der Waals surface area contributed by atoms with Crippen LogP contribution in [0.5, 0.6) is 0 Å². The van der Waals surface area contributed by atoms with Crippen molar-refractivity contribution in [2.24, 2.45) is 0 Å². The molecule has 0 bridgehead atoms. The molecule has 0 atom stereocenters. The Hall–Kier alpha value is -8.00. The Morgan fingerprint density at radius 2 is 0.475 bits per heavy atom. The first kappa shape index (κ1) is 37.3. The monoisotopic (exact) mass is 777 g/mol. The lowest BCUT2D eigenvalue weighted by atomic mass is 9.84. The summed E-state index contributed by atoms with van der Waals surface area (Å²) < 4.78 is 0. The minimum Gasteiger partial charge on any atom is -0.311 e. The molecule has 0 saturated carbocycles. The molecule has 0 N–H and O–H groups in total. The number of hydrogen-bond acceptors (Lipinski definition) is 1. The molecular weight excluding hydrogens is 735 g/mol. The highest BCUT2D eigenvalue weighted by Gasteiger charge is 2.18. The molecule has 10 aromatic carbocycles. The molecule has 0 spiro atoms. The third-order valence-corrected chi connectivity index (χ3v) is 11.5. The summed E-state index contributed by atoms with van der Waals surface area (Å²) in [4.78, 5) is 2.34. The highest BCUT2D eigenvalue weighted by Crippen LogP contribution is 2.44. The number of anilines is 3. The van der Waals surface area contributed by atoms with Crippen LogP contribution in [0.4, 0.5) is 17.1 Å². The van der Waals surface area contributed by atoms with Crippen molar-refractivity contribution in [3.05, 3.63) is 261 Å². The van der Waals surface area contributed by atoms with Crippen LogP contribution in [-0.4, -0.2) is 0 Å². The summed E-state index contributed by atoms with van der Waals surface area (Å²) in [6, 6.07) is 94.0. The zero-order valence-electron chi connectivity index (χ0n) is 33.8. The van der Waals surface area contributed by atoms with Crippen LogP contribution >= 0.6 is 0 Å². The number of nitrogens with zero attached hydrogens (tertiary/aromatic N) is 1. The van der Waals surface area contributed by atoms with Crippen molar-refractivity contribution >= 4 is 17.1 Å². The number of rotatable bonds is 10. The molecule has 61 heavy (non-hydrogen) atoms. The highest BCUT2D eigenvalue weighted by atomic mass is 15.1. The van der Waals surface area contributed by atoms with Crippen LogP contribution in [-0.2, 0) is 0 Å². The van der Waals surface area contributed by atoms with E-state index in [-0.39, 0.29) is 0 Å². The lowest BCUT2D eigenvalue weighted by Gasteiger charge is -2.26. The maximum Gasteiger partial charge on any atom is 0.0462 e. The Labute approximate surface area is 359 Å². The molecule has 0 aliphatic heterocycles. The van der Waals surface area contributed by atoms with E-state index < -0.39 is 0 Å². The predicted molar refractivity (Wildman–Crippen MR) is 259 cm³/mol. The van der Waals surface area contributed by atoms with Crippen molar-refractivity contribution in [1.29, 1.82) is 0 Å². The van der Waals surface area contributed by atoms with Gasteiger partial charge in [-0.3, -0.25) is 0 Å². The smallest absolute Gasteiger partial charge is 0.0462 e. The van der Waals surface area contributed by atoms with Gasteiger partial charge in [0.15, 0.2) is 0 Å². The van der Waals surface area contributed by atoms with Crippen LogP contribution < -0.4 is 4.90 Å². The standard InChI is InChI=1S/C60H43N/c1-6-17-44(18-7-1)47-29-35-55(36-30-47)61(56-37-31-48(32-38-56)45-19-8-2-9-20-45)57-39-33-49(34-40-57)52-27-16-28-53(41-52)59-43-54(46-21-10-3-11-22-46)42-58(50-23-12-4-13-24-50)60(59)51-25-14-5-15-26-51/h1-43H. The van der Waals surface area contributed by atoms with Gasteiger partial charge in [0.25, 0.3) is 0 Å². The minimum atomic E-state index is 1.09. The van der Waals surface area contributed by atoms with Crippen molar-refractivity contribution in [1.82, 2.24) is 0 Å². The average molecular weight is 778 g/mol. The summed E-state index contributed by atoms with van der Waals surface area (Å²) in [7, 11) is 0. The molecule has 0 fully saturated rings. The van der Waals surface area contributed by atoms with Crippen molar-refractivity contribution in [2.45, 2.75) is 0 Å². The Morgan fingerprint density at radius 1 is 0.180 bits per heavy atom. The van der Waals surface area contributed by atoms with Gasteiger partial charge >= 0.3 is 0 Å². The van der Waals surface area contributed by atoms with Crippen LogP contribution in [0, 0.1) is 0 Å². The van der Waals surface area contributed by atoms with Gasteiger partial charge in [0.05, 0.1) is 0 Å². The van der Waals surface area contributed by atoms with E-state index in [2.05, 4.69) is 266 Å². The molecule has 0 amide bonds. The molecule has 0 saturated heterocycles. The molecule has 1 nitrogen and oxygen atoms in total. The van der Waals surface area contributed by atoms with Crippen LogP contribution in [0.25, 0.3) is 77.9 Å². The van der Waals surface area contributed by atoms with E-state index in [9.17, 15) is 0 Å². The lowest BCUT2D eigenvalue weighted by molar-refractivity contribution is 1.28. The quantitative estimate of drug-likeness (QED) is 0.134. The fraction of sp³-hybridized carbons (Fsp3) is 0. The third kappa shape index (κ3) is 7.93. The van der Waals surface area contributed by atoms with E-state index in [1.54, 1.807) is 0 Å². The summed E-state index contributed by atoms with van der Waals surface area (Å²) >= 11 is 0. The van der Waals surface area contributed by atoms with E-state index in [1.807, 2.05) is 0 Å². The maximum absolute atomic E-state index is 2.37. The van der Waals surface area contributed by atoms with Crippen LogP contribution in [0.15, 0.2) is 261 Å². The SMILES string of the molecule is c1ccc(-c2ccc(N(c3ccc(-c4ccccc4)cc3)c3ccc(-c4cccc(-c5cc(-c6ccccc6)cc(-c6ccccc6)c5-c5ccccc5)c4)cc3)cc2)cc1. The molecule has 0 heterocycles. The second-order valence-electron chi connectivity index (χ2n) is 15.3. The summed E-state index contributed by atoms with van der Waals surface area (Å²) in [5.74, 6) is 0. The lowest BCUT2D eigenvalue weighted by Crippen LogP contribution is -2.09. The number of benzene rings is 10. The summed E-state index contributed by atoms with van der Waals surface area (Å²) in [5, 5.41) is 0. The van der Waals surface area contributed by atoms with Gasteiger partial charge in [-0.2, -0.15) is 0 Å². The molecule has 0 radical (unpaired) electrons. The van der Waals surface area contributed by atoms with Crippen molar-refractivity contribution in [2.75, 3.05) is 4.90 Å². The third-order valence-electron chi connectivity index (χ3n) is 11.5. The van der Waals surface area contributed by atoms with Crippen molar-refractivity contribution < 1.29 is 0 Å². The summed E-state index contributed by atoms with van der Waals surface area (Å²) in [5.41, 5.74) is 20.0. The highest BCUT2D eigenvalue weighted by molar-refractivity contribution is 5.98. The Balaban J connectivity index is 1.05. The van der Waals surface area contributed by atoms with Gasteiger partial charge in [-0.05, 0) is 132 Å². The molecule has 0 unspecified atom stereocenters. The van der Waals surface area contributed by atoms with Gasteiger partial charge in [0.1, 0.15) is 0 Å². The summed E-state index contributed by atoms with van der Waals surface area (Å²) in [6.45, 7) is 0. The van der Waals surface area contributed by atoms with E-state index >= 15 is 0 Å². The Morgan fingerprint density at radius 3 is 0.902 bits per heavy atom. The summed E-state index contributed by atoms with van der Waals surface area (Å²) in [6.07, 6.45) is 0. The Bertz CT molecular complexity index is 2910. The maximum atomic E-state index is 2.37. The zero-order chi connectivity index (χ0) is 40.8. The molecule has 0 aliphatic rings. The van der Waals surface area contributed by atoms with Crippen molar-refractivity contribution in [3.8, 4) is 77.9 Å². The van der Waals surface area contributed by atoms with Gasteiger partial charge in [0.2, 0.25) is 0 Å². The van der Waals surface area contributed by atoms with E-state index in [0.717, 1.165) is 22.6 Å². The van der Waals surface area contributed by atoms with Gasteiger partial charge in [0, 0.05) is 17.1 Å². The van der Waals surface area contributed by atoms with E-state index in [4.69, 9.17) is 0 Å². The van der Waals surface area contributed by atoms with Crippen LogP contribution in [0.1, 0.15) is 0 Å². The molecule has 288 valence electrons. The first-order valence-corrected chi connectivity index (χ1v) is 20.9. The normalized spacial score (nSPS) is 11.0. The van der Waals surface area contributed by atoms with Crippen molar-refractivity contribution in [3.63, 3.8) is 0 Å². The number of hydrogen-bond donors (Lipinski definition) is 0. The van der Waals surface area contributed by atoms with E-state index in [0.29, 0.717) is 0 Å². The molecule has 0 aliphatic carbocycles. The molecule has 10 aromatic rings. The second kappa shape index (κ2) is 17.1. The topological polar surface area (TPSA) is 3.24 Å². The van der Waals surface area contributed by atoms with Gasteiger partial charge in [-0.1, -0.05) is 206 Å². The second-order valence-corrected chi connectivity index (χ2v) is 15.3. The largest absolute Gasteiger partial charge is 0.311 e. The van der Waals surface area contributed by atoms with Gasteiger partial charge < -0.3 is 4.90 Å². The molecule has 0 aromatic heterocycles. The van der Waals surface area contributed by atoms with Gasteiger partial charge in [-0.15, -0.1) is 0 Å². The minimum absolute atomic E-state index is 1.09. The fourth-order valence-electron chi connectivity index (χ4n) is 8.41. The molecular formula is C60H43N. The average Bonchev–Trinajstić information content (AvgIpc) is 3.36. The van der Waals surface area contributed by atoms with Crippen LogP contribution in [0.2, 0.25) is 0 Å².